The number of esters is 1. The van der Waals surface area contributed by atoms with Gasteiger partial charge in [-0.25, -0.2) is 0 Å². The number of carbonyl (C=O) groups is 1. The second-order valence-corrected chi connectivity index (χ2v) is 7.83. The fraction of sp³-hybridized carbons (Fsp3) is 0.273. The van der Waals surface area contributed by atoms with E-state index in [1.54, 1.807) is 0 Å². The van der Waals surface area contributed by atoms with Crippen LogP contribution in [-0.2, 0) is 19.9 Å². The molecule has 1 N–H and O–H groups in total. The van der Waals surface area contributed by atoms with Gasteiger partial charge >= 0.3 is 5.97 Å². The maximum absolute atomic E-state index is 12.7. The highest BCUT2D eigenvalue weighted by molar-refractivity contribution is 7.80. The Morgan fingerprint density at radius 1 is 1.15 bits per heavy atom. The van der Waals surface area contributed by atoms with E-state index in [0.717, 1.165) is 16.8 Å². The summed E-state index contributed by atoms with van der Waals surface area (Å²) in [5.41, 5.74) is 1.07. The van der Waals surface area contributed by atoms with Crippen LogP contribution in [0, 0.1) is 0 Å². The van der Waals surface area contributed by atoms with Crippen molar-refractivity contribution in [1.82, 2.24) is 0 Å². The zero-order valence-electron chi connectivity index (χ0n) is 15.7. The molecular weight excluding hydrogens is 358 g/mol. The molecule has 1 atom stereocenters. The SMILES string of the molecule is CC(C)(C)OC(=O)CC1(/C=C/c2ccccc2)OC(=S)Nc2ccccc21. The van der Waals surface area contributed by atoms with E-state index >= 15 is 0 Å². The monoisotopic (exact) mass is 381 g/mol. The van der Waals surface area contributed by atoms with Crippen LogP contribution in [0.3, 0.4) is 0 Å². The van der Waals surface area contributed by atoms with Gasteiger partial charge in [0.2, 0.25) is 0 Å². The van der Waals surface area contributed by atoms with Gasteiger partial charge in [0.15, 0.2) is 5.60 Å². The summed E-state index contributed by atoms with van der Waals surface area (Å²) >= 11 is 5.30. The molecule has 1 heterocycles. The molecule has 0 aliphatic carbocycles. The molecular formula is C22H23NO3S. The number of para-hydroxylation sites is 1. The topological polar surface area (TPSA) is 47.6 Å². The largest absolute Gasteiger partial charge is 0.460 e. The Balaban J connectivity index is 2.03. The lowest BCUT2D eigenvalue weighted by atomic mass is 9.86. The van der Waals surface area contributed by atoms with Gasteiger partial charge in [0.25, 0.3) is 5.17 Å². The van der Waals surface area contributed by atoms with Crippen molar-refractivity contribution in [2.75, 3.05) is 5.32 Å². The Bertz CT molecular complexity index is 871. The van der Waals surface area contributed by atoms with Crippen LogP contribution in [0.15, 0.2) is 60.7 Å². The minimum absolute atomic E-state index is 0.0203. The number of ether oxygens (including phenoxy) is 2. The Morgan fingerprint density at radius 3 is 2.52 bits per heavy atom. The van der Waals surface area contributed by atoms with E-state index in [4.69, 9.17) is 21.7 Å². The van der Waals surface area contributed by atoms with Gasteiger partial charge < -0.3 is 14.8 Å². The highest BCUT2D eigenvalue weighted by atomic mass is 32.1. The molecule has 0 saturated heterocycles. The van der Waals surface area contributed by atoms with Gasteiger partial charge in [-0.3, -0.25) is 4.79 Å². The van der Waals surface area contributed by atoms with Crippen molar-refractivity contribution in [1.29, 1.82) is 0 Å². The molecule has 1 unspecified atom stereocenters. The number of fused-ring (bicyclic) bond motifs is 1. The van der Waals surface area contributed by atoms with Crippen molar-refractivity contribution in [3.05, 3.63) is 71.8 Å². The molecule has 0 fully saturated rings. The lowest BCUT2D eigenvalue weighted by Gasteiger charge is -2.37. The Morgan fingerprint density at radius 2 is 1.81 bits per heavy atom. The molecule has 1 aliphatic heterocycles. The first-order valence-corrected chi connectivity index (χ1v) is 9.24. The highest BCUT2D eigenvalue weighted by Crippen LogP contribution is 2.41. The molecule has 0 bridgehead atoms. The molecule has 4 nitrogen and oxygen atoms in total. The summed E-state index contributed by atoms with van der Waals surface area (Å²) in [6.07, 6.45) is 3.85. The van der Waals surface area contributed by atoms with Gasteiger partial charge in [-0.15, -0.1) is 0 Å². The number of hydrogen-bond donors (Lipinski definition) is 1. The second kappa shape index (κ2) is 7.53. The lowest BCUT2D eigenvalue weighted by Crippen LogP contribution is -2.41. The van der Waals surface area contributed by atoms with Crippen LogP contribution in [0.2, 0.25) is 0 Å². The number of nitrogens with one attached hydrogen (secondary N) is 1. The van der Waals surface area contributed by atoms with Gasteiger partial charge in [0.1, 0.15) is 5.60 Å². The second-order valence-electron chi connectivity index (χ2n) is 7.46. The molecule has 27 heavy (non-hydrogen) atoms. The molecule has 0 aromatic heterocycles. The standard InChI is InChI=1S/C22H23NO3S/c1-21(2,3)25-19(24)15-22(14-13-16-9-5-4-6-10-16)17-11-7-8-12-18(17)23-20(27)26-22/h4-14H,15H2,1-3H3,(H,23,27)/b14-13+. The molecule has 0 saturated carbocycles. The summed E-state index contributed by atoms with van der Waals surface area (Å²) in [7, 11) is 0. The van der Waals surface area contributed by atoms with Gasteiger partial charge in [-0.05, 0) is 50.7 Å². The smallest absolute Gasteiger partial charge is 0.311 e. The quantitative estimate of drug-likeness (QED) is 0.593. The zero-order valence-corrected chi connectivity index (χ0v) is 16.5. The van der Waals surface area contributed by atoms with Crippen molar-refractivity contribution in [3.8, 4) is 0 Å². The Kier molecular flexibility index (Phi) is 5.33. The van der Waals surface area contributed by atoms with Gasteiger partial charge in [-0.1, -0.05) is 54.6 Å². The molecule has 2 aromatic carbocycles. The van der Waals surface area contributed by atoms with E-state index in [0.29, 0.717) is 0 Å². The summed E-state index contributed by atoms with van der Waals surface area (Å²) in [6, 6.07) is 17.5. The minimum Gasteiger partial charge on any atom is -0.460 e. The van der Waals surface area contributed by atoms with Gasteiger partial charge in [-0.2, -0.15) is 0 Å². The fourth-order valence-corrected chi connectivity index (χ4v) is 3.28. The first-order chi connectivity index (χ1) is 12.8. The third-order valence-corrected chi connectivity index (χ3v) is 4.25. The maximum atomic E-state index is 12.7. The normalized spacial score (nSPS) is 19.1. The number of benzene rings is 2. The first-order valence-electron chi connectivity index (χ1n) is 8.83. The van der Waals surface area contributed by atoms with Crippen LogP contribution < -0.4 is 5.32 Å². The number of rotatable bonds is 4. The predicted molar refractivity (Wildman–Crippen MR) is 111 cm³/mol. The predicted octanol–water partition coefficient (Wildman–Crippen LogP) is 5.05. The number of anilines is 1. The third kappa shape index (κ3) is 4.74. The minimum atomic E-state index is -1.03. The number of hydrogen-bond acceptors (Lipinski definition) is 4. The summed E-state index contributed by atoms with van der Waals surface area (Å²) in [4.78, 5) is 12.7. The van der Waals surface area contributed by atoms with E-state index in [1.807, 2.05) is 87.5 Å². The summed E-state index contributed by atoms with van der Waals surface area (Å²) < 4.78 is 11.6. The molecule has 5 heteroatoms. The summed E-state index contributed by atoms with van der Waals surface area (Å²) in [5, 5.41) is 3.29. The number of thiocarbonyl (C=S) groups is 1. The van der Waals surface area contributed by atoms with E-state index < -0.39 is 11.2 Å². The van der Waals surface area contributed by atoms with Gasteiger partial charge in [0.05, 0.1) is 6.42 Å². The van der Waals surface area contributed by atoms with Crippen molar-refractivity contribution >= 4 is 35.1 Å². The van der Waals surface area contributed by atoms with Crippen LogP contribution in [0.1, 0.15) is 38.3 Å². The average Bonchev–Trinajstić information content (AvgIpc) is 2.59. The van der Waals surface area contributed by atoms with Crippen molar-refractivity contribution in [2.45, 2.75) is 38.4 Å². The van der Waals surface area contributed by atoms with Crippen LogP contribution in [-0.4, -0.2) is 16.7 Å². The van der Waals surface area contributed by atoms with Gasteiger partial charge in [0, 0.05) is 11.3 Å². The molecule has 0 radical (unpaired) electrons. The van der Waals surface area contributed by atoms with Crippen molar-refractivity contribution < 1.29 is 14.3 Å². The molecule has 0 spiro atoms. The van der Waals surface area contributed by atoms with Crippen molar-refractivity contribution in [3.63, 3.8) is 0 Å². The Hall–Kier alpha value is -2.66. The summed E-state index contributed by atoms with van der Waals surface area (Å²) in [6.45, 7) is 5.54. The van der Waals surface area contributed by atoms with E-state index in [2.05, 4.69) is 5.32 Å². The zero-order chi connectivity index (χ0) is 19.5. The number of carbonyl (C=O) groups excluding carboxylic acids is 1. The lowest BCUT2D eigenvalue weighted by molar-refractivity contribution is -0.158. The molecule has 2 aromatic rings. The van der Waals surface area contributed by atoms with Crippen LogP contribution in [0.25, 0.3) is 6.08 Å². The van der Waals surface area contributed by atoms with Crippen LogP contribution in [0.5, 0.6) is 0 Å². The molecule has 0 amide bonds. The van der Waals surface area contributed by atoms with E-state index in [9.17, 15) is 4.79 Å². The first kappa shape index (κ1) is 19.1. The van der Waals surface area contributed by atoms with E-state index in [1.165, 1.54) is 0 Å². The van der Waals surface area contributed by atoms with Crippen LogP contribution in [0.4, 0.5) is 5.69 Å². The highest BCUT2D eigenvalue weighted by Gasteiger charge is 2.41. The molecule has 140 valence electrons. The third-order valence-electron chi connectivity index (χ3n) is 4.07. The molecule has 3 rings (SSSR count). The molecule has 1 aliphatic rings. The fourth-order valence-electron chi connectivity index (χ4n) is 3.02. The average molecular weight is 381 g/mol. The van der Waals surface area contributed by atoms with E-state index in [-0.39, 0.29) is 17.6 Å². The maximum Gasteiger partial charge on any atom is 0.311 e. The Labute approximate surface area is 165 Å². The summed E-state index contributed by atoms with van der Waals surface area (Å²) in [5.74, 6) is -0.347. The van der Waals surface area contributed by atoms with Crippen molar-refractivity contribution in [2.24, 2.45) is 0 Å². The van der Waals surface area contributed by atoms with Crippen LogP contribution >= 0.6 is 12.2 Å².